The molecule has 146 valence electrons. The molecule has 0 aliphatic carbocycles. The van der Waals surface area contributed by atoms with E-state index < -0.39 is 0 Å². The van der Waals surface area contributed by atoms with E-state index in [2.05, 4.69) is 48.3 Å². The molecule has 0 unspecified atom stereocenters. The molecule has 0 atom stereocenters. The zero-order valence-corrected chi connectivity index (χ0v) is 16.4. The minimum atomic E-state index is -0.0499. The molecule has 1 aliphatic rings. The van der Waals surface area contributed by atoms with Gasteiger partial charge in [-0.05, 0) is 30.0 Å². The van der Waals surface area contributed by atoms with Gasteiger partial charge in [0.05, 0.1) is 13.2 Å². The van der Waals surface area contributed by atoms with Crippen molar-refractivity contribution < 1.29 is 14.3 Å². The summed E-state index contributed by atoms with van der Waals surface area (Å²) in [4.78, 5) is 16.2. The fourth-order valence-corrected chi connectivity index (χ4v) is 2.80. The Morgan fingerprint density at radius 3 is 2.62 bits per heavy atom. The number of carbonyl (C=O) groups excluding carboxylic acids is 1. The highest BCUT2D eigenvalue weighted by Gasteiger charge is 2.12. The van der Waals surface area contributed by atoms with Gasteiger partial charge in [-0.2, -0.15) is 0 Å². The summed E-state index contributed by atoms with van der Waals surface area (Å²) in [5.74, 6) is 0.547. The van der Waals surface area contributed by atoms with Gasteiger partial charge in [0.2, 0.25) is 0 Å². The van der Waals surface area contributed by atoms with Crippen LogP contribution in [0.15, 0.2) is 24.3 Å². The Morgan fingerprint density at radius 1 is 1.27 bits per heavy atom. The van der Waals surface area contributed by atoms with Crippen molar-refractivity contribution in [3.63, 3.8) is 0 Å². The van der Waals surface area contributed by atoms with Crippen LogP contribution in [0.2, 0.25) is 0 Å². The minimum Gasteiger partial charge on any atom is -0.381 e. The van der Waals surface area contributed by atoms with Gasteiger partial charge in [0.15, 0.2) is 0 Å². The van der Waals surface area contributed by atoms with Gasteiger partial charge in [-0.1, -0.05) is 26.0 Å². The number of amides is 2. The van der Waals surface area contributed by atoms with E-state index >= 15 is 0 Å². The number of morpholine rings is 1. The SMILES string of the molecule is CC(C)COCCCNC(=O)N(C)Cc1ccc(N2CCOCC2)cc1. The van der Waals surface area contributed by atoms with Crippen molar-refractivity contribution in [3.8, 4) is 0 Å². The van der Waals surface area contributed by atoms with Crippen LogP contribution < -0.4 is 10.2 Å². The predicted octanol–water partition coefficient (Wildman–Crippen LogP) is 2.73. The second kappa shape index (κ2) is 11.0. The van der Waals surface area contributed by atoms with Gasteiger partial charge in [-0.3, -0.25) is 0 Å². The number of urea groups is 1. The van der Waals surface area contributed by atoms with Crippen LogP contribution in [0.4, 0.5) is 10.5 Å². The number of hydrogen-bond acceptors (Lipinski definition) is 4. The molecule has 0 radical (unpaired) electrons. The van der Waals surface area contributed by atoms with E-state index in [1.165, 1.54) is 5.69 Å². The van der Waals surface area contributed by atoms with E-state index in [1.54, 1.807) is 4.90 Å². The molecular formula is C20H33N3O3. The number of rotatable bonds is 9. The minimum absolute atomic E-state index is 0.0499. The average Bonchev–Trinajstić information content (AvgIpc) is 2.65. The summed E-state index contributed by atoms with van der Waals surface area (Å²) in [7, 11) is 1.82. The normalized spacial score (nSPS) is 14.5. The van der Waals surface area contributed by atoms with Crippen molar-refractivity contribution in [3.05, 3.63) is 29.8 Å². The van der Waals surface area contributed by atoms with Gasteiger partial charge in [-0.25, -0.2) is 4.79 Å². The Hall–Kier alpha value is -1.79. The van der Waals surface area contributed by atoms with E-state index in [1.807, 2.05) is 7.05 Å². The molecule has 1 saturated heterocycles. The first-order valence-electron chi connectivity index (χ1n) is 9.54. The molecule has 2 rings (SSSR count). The largest absolute Gasteiger partial charge is 0.381 e. The summed E-state index contributed by atoms with van der Waals surface area (Å²) in [6.07, 6.45) is 0.834. The van der Waals surface area contributed by atoms with Crippen LogP contribution in [0.25, 0.3) is 0 Å². The highest BCUT2D eigenvalue weighted by Crippen LogP contribution is 2.17. The number of hydrogen-bond donors (Lipinski definition) is 1. The molecular weight excluding hydrogens is 330 g/mol. The molecule has 0 bridgehead atoms. The lowest BCUT2D eigenvalue weighted by molar-refractivity contribution is 0.108. The third kappa shape index (κ3) is 7.22. The van der Waals surface area contributed by atoms with Crippen LogP contribution in [0.5, 0.6) is 0 Å². The lowest BCUT2D eigenvalue weighted by Crippen LogP contribution is -2.37. The maximum absolute atomic E-state index is 12.2. The molecule has 6 heteroatoms. The molecule has 0 saturated carbocycles. The van der Waals surface area contributed by atoms with Crippen LogP contribution >= 0.6 is 0 Å². The van der Waals surface area contributed by atoms with Crippen LogP contribution in [-0.4, -0.2) is 64.0 Å². The summed E-state index contributed by atoms with van der Waals surface area (Å²) in [5.41, 5.74) is 2.34. The molecule has 1 heterocycles. The second-order valence-electron chi connectivity index (χ2n) is 7.18. The number of ether oxygens (including phenoxy) is 2. The fraction of sp³-hybridized carbons (Fsp3) is 0.650. The Bertz CT molecular complexity index is 528. The van der Waals surface area contributed by atoms with Crippen LogP contribution in [0.1, 0.15) is 25.8 Å². The fourth-order valence-electron chi connectivity index (χ4n) is 2.80. The number of nitrogens with one attached hydrogen (secondary N) is 1. The van der Waals surface area contributed by atoms with Gasteiger partial charge in [0, 0.05) is 52.1 Å². The van der Waals surface area contributed by atoms with Gasteiger partial charge in [0.25, 0.3) is 0 Å². The summed E-state index contributed by atoms with van der Waals surface area (Å²) >= 11 is 0. The van der Waals surface area contributed by atoms with Crippen molar-refractivity contribution in [2.24, 2.45) is 5.92 Å². The maximum atomic E-state index is 12.2. The van der Waals surface area contributed by atoms with Crippen LogP contribution in [0.3, 0.4) is 0 Å². The van der Waals surface area contributed by atoms with E-state index in [0.717, 1.165) is 44.9 Å². The van der Waals surface area contributed by atoms with E-state index in [0.29, 0.717) is 25.6 Å². The van der Waals surface area contributed by atoms with Crippen molar-refractivity contribution in [2.45, 2.75) is 26.8 Å². The standard InChI is InChI=1S/C20H33N3O3/c1-17(2)16-26-12-4-9-21-20(24)22(3)15-18-5-7-19(8-6-18)23-10-13-25-14-11-23/h5-8,17H,4,9-16H2,1-3H3,(H,21,24). The first kappa shape index (κ1) is 20.5. The van der Waals surface area contributed by atoms with Crippen LogP contribution in [-0.2, 0) is 16.0 Å². The average molecular weight is 364 g/mol. The van der Waals surface area contributed by atoms with Crippen LogP contribution in [0, 0.1) is 5.92 Å². The Labute approximate surface area is 157 Å². The quantitative estimate of drug-likeness (QED) is 0.686. The third-order valence-corrected chi connectivity index (χ3v) is 4.27. The molecule has 26 heavy (non-hydrogen) atoms. The first-order chi connectivity index (χ1) is 12.6. The molecule has 2 amide bonds. The Kier molecular flexibility index (Phi) is 8.71. The van der Waals surface area contributed by atoms with Crippen molar-refractivity contribution >= 4 is 11.7 Å². The molecule has 1 aromatic carbocycles. The van der Waals surface area contributed by atoms with Crippen molar-refractivity contribution in [2.75, 3.05) is 58.0 Å². The topological polar surface area (TPSA) is 54.0 Å². The third-order valence-electron chi connectivity index (χ3n) is 4.27. The van der Waals surface area contributed by atoms with E-state index in [9.17, 15) is 4.79 Å². The molecule has 1 aliphatic heterocycles. The number of benzene rings is 1. The zero-order chi connectivity index (χ0) is 18.8. The van der Waals surface area contributed by atoms with E-state index in [-0.39, 0.29) is 6.03 Å². The van der Waals surface area contributed by atoms with Gasteiger partial charge in [-0.15, -0.1) is 0 Å². The molecule has 1 N–H and O–H groups in total. The Morgan fingerprint density at radius 2 is 1.96 bits per heavy atom. The van der Waals surface area contributed by atoms with Gasteiger partial charge in [0.1, 0.15) is 0 Å². The molecule has 1 fully saturated rings. The summed E-state index contributed by atoms with van der Waals surface area (Å²) in [6, 6.07) is 8.38. The van der Waals surface area contributed by atoms with Gasteiger partial charge < -0.3 is 24.6 Å². The summed E-state index contributed by atoms with van der Waals surface area (Å²) < 4.78 is 10.9. The highest BCUT2D eigenvalue weighted by molar-refractivity contribution is 5.73. The Balaban J connectivity index is 1.67. The van der Waals surface area contributed by atoms with Crippen molar-refractivity contribution in [1.82, 2.24) is 10.2 Å². The zero-order valence-electron chi connectivity index (χ0n) is 16.4. The van der Waals surface area contributed by atoms with Gasteiger partial charge >= 0.3 is 6.03 Å². The molecule has 0 aromatic heterocycles. The summed E-state index contributed by atoms with van der Waals surface area (Å²) in [5, 5.41) is 2.94. The smallest absolute Gasteiger partial charge is 0.317 e. The lowest BCUT2D eigenvalue weighted by atomic mass is 10.2. The molecule has 6 nitrogen and oxygen atoms in total. The predicted molar refractivity (Wildman–Crippen MR) is 105 cm³/mol. The van der Waals surface area contributed by atoms with Crippen molar-refractivity contribution in [1.29, 1.82) is 0 Å². The second-order valence-corrected chi connectivity index (χ2v) is 7.18. The number of nitrogens with zero attached hydrogens (tertiary/aromatic N) is 2. The first-order valence-corrected chi connectivity index (χ1v) is 9.54. The highest BCUT2D eigenvalue weighted by atomic mass is 16.5. The number of carbonyl (C=O) groups is 1. The van der Waals surface area contributed by atoms with E-state index in [4.69, 9.17) is 9.47 Å². The lowest BCUT2D eigenvalue weighted by Gasteiger charge is -2.29. The monoisotopic (exact) mass is 363 g/mol. The molecule has 0 spiro atoms. The molecule has 1 aromatic rings. The summed E-state index contributed by atoms with van der Waals surface area (Å²) in [6.45, 7) is 10.4. The number of anilines is 1. The maximum Gasteiger partial charge on any atom is 0.317 e.